The Morgan fingerprint density at radius 2 is 2.04 bits per heavy atom. The number of fused-ring (bicyclic) bond motifs is 1. The standard InChI is InChI=1S/C18H20N2OS2/c1-5-20-17(21)15-12(3)13(4)23-16(15)19-18(20)22-10-14-8-6-7-11(2)9-14/h6-9H,5,10H2,1-4H3. The second-order valence-corrected chi connectivity index (χ2v) is 7.83. The van der Waals surface area contributed by atoms with E-state index in [0.717, 1.165) is 26.7 Å². The molecule has 0 aliphatic heterocycles. The molecule has 0 N–H and O–H groups in total. The molecule has 0 unspecified atom stereocenters. The fraction of sp³-hybridized carbons (Fsp3) is 0.333. The van der Waals surface area contributed by atoms with Crippen molar-refractivity contribution >= 4 is 33.3 Å². The summed E-state index contributed by atoms with van der Waals surface area (Å²) >= 11 is 3.25. The summed E-state index contributed by atoms with van der Waals surface area (Å²) in [6, 6.07) is 8.46. The van der Waals surface area contributed by atoms with Gasteiger partial charge in [-0.05, 0) is 38.8 Å². The lowest BCUT2D eigenvalue weighted by molar-refractivity contribution is 0.635. The smallest absolute Gasteiger partial charge is 0.263 e. The molecule has 0 radical (unpaired) electrons. The summed E-state index contributed by atoms with van der Waals surface area (Å²) in [7, 11) is 0. The van der Waals surface area contributed by atoms with Crippen LogP contribution in [-0.2, 0) is 12.3 Å². The predicted molar refractivity (Wildman–Crippen MR) is 99.8 cm³/mol. The Hall–Kier alpha value is -1.59. The Morgan fingerprint density at radius 3 is 2.74 bits per heavy atom. The van der Waals surface area contributed by atoms with Gasteiger partial charge >= 0.3 is 0 Å². The Kier molecular flexibility index (Phi) is 4.60. The third-order valence-corrected chi connectivity index (χ3v) is 6.17. The number of aromatic nitrogens is 2. The van der Waals surface area contributed by atoms with E-state index in [4.69, 9.17) is 4.98 Å². The number of thiophene rings is 1. The highest BCUT2D eigenvalue weighted by atomic mass is 32.2. The van der Waals surface area contributed by atoms with Crippen molar-refractivity contribution in [2.24, 2.45) is 0 Å². The number of hydrogen-bond acceptors (Lipinski definition) is 4. The summed E-state index contributed by atoms with van der Waals surface area (Å²) in [4.78, 5) is 19.6. The zero-order chi connectivity index (χ0) is 16.6. The van der Waals surface area contributed by atoms with Crippen LogP contribution in [-0.4, -0.2) is 9.55 Å². The third-order valence-electron chi connectivity index (χ3n) is 4.02. The van der Waals surface area contributed by atoms with Crippen LogP contribution in [0.2, 0.25) is 0 Å². The molecule has 3 aromatic rings. The fourth-order valence-electron chi connectivity index (χ4n) is 2.65. The van der Waals surface area contributed by atoms with Gasteiger partial charge in [0, 0.05) is 17.2 Å². The summed E-state index contributed by atoms with van der Waals surface area (Å²) in [5.41, 5.74) is 3.67. The summed E-state index contributed by atoms with van der Waals surface area (Å²) in [5.74, 6) is 0.822. The van der Waals surface area contributed by atoms with Gasteiger partial charge in [0.15, 0.2) is 5.16 Å². The Labute approximate surface area is 144 Å². The average molecular weight is 345 g/mol. The molecule has 1 aromatic carbocycles. The van der Waals surface area contributed by atoms with Crippen LogP contribution in [0.3, 0.4) is 0 Å². The molecule has 2 aromatic heterocycles. The first-order chi connectivity index (χ1) is 11.0. The van der Waals surface area contributed by atoms with E-state index < -0.39 is 0 Å². The Balaban J connectivity index is 2.01. The topological polar surface area (TPSA) is 34.9 Å². The second kappa shape index (κ2) is 6.49. The molecule has 0 saturated carbocycles. The summed E-state index contributed by atoms with van der Waals surface area (Å²) < 4.78 is 1.79. The average Bonchev–Trinajstić information content (AvgIpc) is 2.80. The maximum atomic E-state index is 12.8. The van der Waals surface area contributed by atoms with Gasteiger partial charge in [-0.1, -0.05) is 41.6 Å². The molecule has 0 saturated heterocycles. The van der Waals surface area contributed by atoms with Crippen molar-refractivity contribution in [2.75, 3.05) is 0 Å². The van der Waals surface area contributed by atoms with Crippen LogP contribution < -0.4 is 5.56 Å². The minimum atomic E-state index is 0.0890. The first-order valence-electron chi connectivity index (χ1n) is 7.70. The molecule has 0 atom stereocenters. The first-order valence-corrected chi connectivity index (χ1v) is 9.50. The molecule has 23 heavy (non-hydrogen) atoms. The van der Waals surface area contributed by atoms with Crippen LogP contribution in [0.25, 0.3) is 10.2 Å². The fourth-order valence-corrected chi connectivity index (χ4v) is 4.72. The molecule has 3 nitrogen and oxygen atoms in total. The molecule has 120 valence electrons. The molecule has 0 bridgehead atoms. The maximum Gasteiger partial charge on any atom is 0.263 e. The van der Waals surface area contributed by atoms with Crippen molar-refractivity contribution in [1.82, 2.24) is 9.55 Å². The largest absolute Gasteiger partial charge is 0.287 e. The lowest BCUT2D eigenvalue weighted by Crippen LogP contribution is -2.22. The van der Waals surface area contributed by atoms with E-state index in [2.05, 4.69) is 38.1 Å². The predicted octanol–water partition coefficient (Wildman–Crippen LogP) is 4.70. The Morgan fingerprint density at radius 1 is 1.26 bits per heavy atom. The van der Waals surface area contributed by atoms with Crippen LogP contribution in [0.1, 0.15) is 28.5 Å². The van der Waals surface area contributed by atoms with Crippen LogP contribution in [0.4, 0.5) is 0 Å². The molecular weight excluding hydrogens is 324 g/mol. The van der Waals surface area contributed by atoms with E-state index in [1.807, 2.05) is 13.8 Å². The summed E-state index contributed by atoms with van der Waals surface area (Å²) in [6.45, 7) is 8.80. The van der Waals surface area contributed by atoms with Gasteiger partial charge in [-0.2, -0.15) is 0 Å². The molecule has 0 spiro atoms. The summed E-state index contributed by atoms with van der Waals surface area (Å²) in [5, 5.41) is 1.60. The van der Waals surface area contributed by atoms with Crippen LogP contribution in [0.15, 0.2) is 34.2 Å². The van der Waals surface area contributed by atoms with Crippen LogP contribution in [0, 0.1) is 20.8 Å². The van der Waals surface area contributed by atoms with Crippen molar-refractivity contribution in [3.05, 3.63) is 56.2 Å². The van der Waals surface area contributed by atoms with Gasteiger partial charge in [-0.3, -0.25) is 9.36 Å². The van der Waals surface area contributed by atoms with E-state index in [9.17, 15) is 4.79 Å². The number of hydrogen-bond donors (Lipinski definition) is 0. The van der Waals surface area contributed by atoms with E-state index in [-0.39, 0.29) is 5.56 Å². The van der Waals surface area contributed by atoms with Gasteiger partial charge in [-0.15, -0.1) is 11.3 Å². The van der Waals surface area contributed by atoms with Gasteiger partial charge in [0.2, 0.25) is 0 Å². The highest BCUT2D eigenvalue weighted by Gasteiger charge is 2.16. The van der Waals surface area contributed by atoms with Crippen LogP contribution >= 0.6 is 23.1 Å². The van der Waals surface area contributed by atoms with E-state index in [1.54, 1.807) is 27.7 Å². The zero-order valence-corrected chi connectivity index (χ0v) is 15.5. The first kappa shape index (κ1) is 16.3. The highest BCUT2D eigenvalue weighted by molar-refractivity contribution is 7.98. The maximum absolute atomic E-state index is 12.8. The number of nitrogens with zero attached hydrogens (tertiary/aromatic N) is 2. The van der Waals surface area contributed by atoms with Crippen molar-refractivity contribution < 1.29 is 0 Å². The quantitative estimate of drug-likeness (QED) is 0.508. The molecule has 0 fully saturated rings. The lowest BCUT2D eigenvalue weighted by atomic mass is 10.2. The number of aryl methyl sites for hydroxylation is 3. The molecule has 0 amide bonds. The normalized spacial score (nSPS) is 11.3. The van der Waals surface area contributed by atoms with E-state index in [0.29, 0.717) is 6.54 Å². The van der Waals surface area contributed by atoms with Crippen molar-refractivity contribution in [3.63, 3.8) is 0 Å². The molecule has 3 rings (SSSR count). The monoisotopic (exact) mass is 344 g/mol. The molecule has 0 aliphatic rings. The highest BCUT2D eigenvalue weighted by Crippen LogP contribution is 2.29. The number of thioether (sulfide) groups is 1. The molecule has 5 heteroatoms. The third kappa shape index (κ3) is 3.08. The van der Waals surface area contributed by atoms with Gasteiger partial charge in [0.25, 0.3) is 5.56 Å². The Bertz CT molecular complexity index is 925. The molecule has 0 aliphatic carbocycles. The van der Waals surface area contributed by atoms with Crippen molar-refractivity contribution in [1.29, 1.82) is 0 Å². The SMILES string of the molecule is CCn1c(SCc2cccc(C)c2)nc2sc(C)c(C)c2c1=O. The zero-order valence-electron chi connectivity index (χ0n) is 13.8. The van der Waals surface area contributed by atoms with Gasteiger partial charge in [0.05, 0.1) is 5.39 Å². The van der Waals surface area contributed by atoms with E-state index in [1.165, 1.54) is 16.0 Å². The van der Waals surface area contributed by atoms with Gasteiger partial charge in [0.1, 0.15) is 4.83 Å². The second-order valence-electron chi connectivity index (χ2n) is 5.68. The van der Waals surface area contributed by atoms with Crippen molar-refractivity contribution in [2.45, 2.75) is 45.1 Å². The lowest BCUT2D eigenvalue weighted by Gasteiger charge is -2.10. The minimum absolute atomic E-state index is 0.0890. The van der Waals surface area contributed by atoms with Gasteiger partial charge < -0.3 is 0 Å². The minimum Gasteiger partial charge on any atom is -0.287 e. The van der Waals surface area contributed by atoms with E-state index >= 15 is 0 Å². The molecular formula is C18H20N2OS2. The summed E-state index contributed by atoms with van der Waals surface area (Å²) in [6.07, 6.45) is 0. The number of benzene rings is 1. The van der Waals surface area contributed by atoms with Gasteiger partial charge in [-0.25, -0.2) is 4.98 Å². The number of rotatable bonds is 4. The van der Waals surface area contributed by atoms with Crippen molar-refractivity contribution in [3.8, 4) is 0 Å². The molecule has 2 heterocycles. The van der Waals surface area contributed by atoms with Crippen LogP contribution in [0.5, 0.6) is 0 Å².